The number of hydrogen-bond acceptors (Lipinski definition) is 10. The minimum atomic E-state index is -4.18. The van der Waals surface area contributed by atoms with Gasteiger partial charge in [-0.3, -0.25) is 14.5 Å². The maximum absolute atomic E-state index is 13.6. The summed E-state index contributed by atoms with van der Waals surface area (Å²) in [5, 5.41) is 16.7. The van der Waals surface area contributed by atoms with Crippen molar-refractivity contribution in [3.63, 3.8) is 0 Å². The van der Waals surface area contributed by atoms with Gasteiger partial charge in [0.1, 0.15) is 27.8 Å². The maximum atomic E-state index is 13.6. The van der Waals surface area contributed by atoms with Gasteiger partial charge in [0.05, 0.1) is 30.0 Å². The number of piperazine rings is 1. The van der Waals surface area contributed by atoms with Gasteiger partial charge in [-0.05, 0) is 37.6 Å². The summed E-state index contributed by atoms with van der Waals surface area (Å²) in [6, 6.07) is 5.82. The highest BCUT2D eigenvalue weighted by Gasteiger charge is 2.38. The number of anilines is 3. The molecule has 0 aliphatic carbocycles. The number of nitrogens with one attached hydrogen (secondary N) is 2. The molecule has 2 atom stereocenters. The third kappa shape index (κ3) is 4.71. The number of aryl methyl sites for hydroxylation is 1. The Balaban J connectivity index is 1.42. The second-order valence-electron chi connectivity index (χ2n) is 9.49. The Morgan fingerprint density at radius 3 is 2.61 bits per heavy atom. The Morgan fingerprint density at radius 2 is 1.89 bits per heavy atom. The molecule has 2 fully saturated rings. The zero-order valence-corrected chi connectivity index (χ0v) is 22.6. The Morgan fingerprint density at radius 1 is 1.13 bits per heavy atom. The lowest BCUT2D eigenvalue weighted by Crippen LogP contribution is -2.59. The summed E-state index contributed by atoms with van der Waals surface area (Å²) in [6.45, 7) is 6.45. The van der Waals surface area contributed by atoms with E-state index in [-0.39, 0.29) is 47.3 Å². The van der Waals surface area contributed by atoms with E-state index in [9.17, 15) is 23.1 Å². The van der Waals surface area contributed by atoms with Crippen LogP contribution in [0.4, 0.5) is 17.1 Å². The van der Waals surface area contributed by atoms with Crippen molar-refractivity contribution in [2.45, 2.75) is 37.2 Å². The van der Waals surface area contributed by atoms with Gasteiger partial charge in [-0.15, -0.1) is 0 Å². The fourth-order valence-electron chi connectivity index (χ4n) is 4.93. The van der Waals surface area contributed by atoms with Crippen molar-refractivity contribution in [1.29, 1.82) is 0 Å². The molecule has 3 aromatic rings. The quantitative estimate of drug-likeness (QED) is 0.276. The Labute approximate surface area is 224 Å². The molecule has 1 aromatic heterocycles. The van der Waals surface area contributed by atoms with E-state index < -0.39 is 31.5 Å². The number of halogens is 1. The highest BCUT2D eigenvalue weighted by atomic mass is 35.5. The first-order valence-corrected chi connectivity index (χ1v) is 14.2. The third-order valence-electron chi connectivity index (χ3n) is 7.08. The van der Waals surface area contributed by atoms with E-state index in [0.29, 0.717) is 37.7 Å². The average Bonchev–Trinajstić information content (AvgIpc) is 3.34. The molecular formula is C25H29ClN4O7S. The molecule has 3 heterocycles. The second-order valence-corrected chi connectivity index (χ2v) is 11.8. The van der Waals surface area contributed by atoms with Gasteiger partial charge in [0.15, 0.2) is 5.75 Å². The van der Waals surface area contributed by atoms with Crippen LogP contribution in [-0.2, 0) is 14.8 Å². The Kier molecular flexibility index (Phi) is 7.27. The number of phenols is 1. The number of hydrogen-bond donors (Lipinski definition) is 3. The van der Waals surface area contributed by atoms with Crippen LogP contribution >= 0.6 is 11.6 Å². The van der Waals surface area contributed by atoms with Crippen LogP contribution < -0.4 is 21.5 Å². The number of morpholine rings is 1. The van der Waals surface area contributed by atoms with E-state index >= 15 is 0 Å². The number of fused-ring (bicyclic) bond motifs is 1. The summed E-state index contributed by atoms with van der Waals surface area (Å²) in [4.78, 5) is 26.6. The van der Waals surface area contributed by atoms with Crippen LogP contribution in [0.3, 0.4) is 0 Å². The SMILES string of the molecule is CC[C@@H](Nc1c(Nc2ccc(Cl)c(S(=O)(=O)N3CCN4CCOC[C@@H]4C3)c2O)c(=O)c1=O)c1ccc(C)o1. The van der Waals surface area contributed by atoms with Crippen molar-refractivity contribution in [2.75, 3.05) is 50.0 Å². The summed E-state index contributed by atoms with van der Waals surface area (Å²) in [6.07, 6.45) is 0.569. The number of nitrogens with zero attached hydrogens (tertiary/aromatic N) is 2. The molecule has 38 heavy (non-hydrogen) atoms. The number of phenolic OH excluding ortho intramolecular Hbond substituents is 1. The lowest BCUT2D eigenvalue weighted by Gasteiger charge is -2.43. The molecule has 0 saturated carbocycles. The van der Waals surface area contributed by atoms with E-state index in [4.69, 9.17) is 20.8 Å². The van der Waals surface area contributed by atoms with Gasteiger partial charge < -0.3 is 24.9 Å². The van der Waals surface area contributed by atoms with Gasteiger partial charge in [0.2, 0.25) is 10.0 Å². The monoisotopic (exact) mass is 564 g/mol. The molecule has 5 rings (SSSR count). The van der Waals surface area contributed by atoms with E-state index in [2.05, 4.69) is 15.5 Å². The number of benzene rings is 1. The summed E-state index contributed by atoms with van der Waals surface area (Å²) in [5.41, 5.74) is -1.62. The molecule has 0 amide bonds. The highest BCUT2D eigenvalue weighted by Crippen LogP contribution is 2.41. The minimum absolute atomic E-state index is 0.0306. The van der Waals surface area contributed by atoms with Crippen LogP contribution in [0.5, 0.6) is 5.75 Å². The normalized spacial score (nSPS) is 19.8. The van der Waals surface area contributed by atoms with E-state index in [0.717, 1.165) is 6.54 Å². The van der Waals surface area contributed by atoms with Crippen molar-refractivity contribution < 1.29 is 22.7 Å². The molecule has 0 spiro atoms. The van der Waals surface area contributed by atoms with E-state index in [1.54, 1.807) is 19.1 Å². The molecule has 0 unspecified atom stereocenters. The summed E-state index contributed by atoms with van der Waals surface area (Å²) >= 11 is 6.28. The number of furan rings is 1. The maximum Gasteiger partial charge on any atom is 0.253 e. The molecule has 204 valence electrons. The van der Waals surface area contributed by atoms with Gasteiger partial charge in [0, 0.05) is 32.2 Å². The number of ether oxygens (including phenoxy) is 1. The van der Waals surface area contributed by atoms with Gasteiger partial charge in [-0.25, -0.2) is 8.42 Å². The van der Waals surface area contributed by atoms with Gasteiger partial charge in [-0.2, -0.15) is 4.31 Å². The van der Waals surface area contributed by atoms with Crippen molar-refractivity contribution >= 4 is 38.7 Å². The smallest absolute Gasteiger partial charge is 0.253 e. The fraction of sp³-hybridized carbons (Fsp3) is 0.440. The van der Waals surface area contributed by atoms with E-state index in [1.165, 1.54) is 16.4 Å². The Hall–Kier alpha value is -2.90. The van der Waals surface area contributed by atoms with Crippen LogP contribution in [0.1, 0.15) is 30.9 Å². The number of rotatable bonds is 8. The average molecular weight is 565 g/mol. The lowest BCUT2D eigenvalue weighted by atomic mass is 10.1. The zero-order valence-electron chi connectivity index (χ0n) is 21.0. The first-order valence-electron chi connectivity index (χ1n) is 12.4. The molecule has 3 N–H and O–H groups in total. The Bertz CT molecular complexity index is 1530. The fourth-order valence-corrected chi connectivity index (χ4v) is 6.99. The minimum Gasteiger partial charge on any atom is -0.504 e. The van der Waals surface area contributed by atoms with Crippen LogP contribution in [0.2, 0.25) is 5.02 Å². The van der Waals surface area contributed by atoms with E-state index in [1.807, 2.05) is 6.92 Å². The largest absolute Gasteiger partial charge is 0.504 e. The lowest BCUT2D eigenvalue weighted by molar-refractivity contribution is -0.0304. The van der Waals surface area contributed by atoms with Gasteiger partial charge in [0.25, 0.3) is 10.9 Å². The second kappa shape index (κ2) is 10.3. The molecule has 2 aliphatic heterocycles. The first kappa shape index (κ1) is 26.7. The summed E-state index contributed by atoms with van der Waals surface area (Å²) in [5.74, 6) is 0.684. The summed E-state index contributed by atoms with van der Waals surface area (Å²) in [7, 11) is -4.18. The van der Waals surface area contributed by atoms with Crippen molar-refractivity contribution in [2.24, 2.45) is 0 Å². The van der Waals surface area contributed by atoms with Crippen molar-refractivity contribution in [3.8, 4) is 5.75 Å². The van der Waals surface area contributed by atoms with Crippen molar-refractivity contribution in [1.82, 2.24) is 9.21 Å². The van der Waals surface area contributed by atoms with Crippen molar-refractivity contribution in [3.05, 3.63) is 61.3 Å². The molecule has 2 aromatic carbocycles. The molecular weight excluding hydrogens is 536 g/mol. The molecule has 0 radical (unpaired) electrons. The zero-order chi connectivity index (χ0) is 27.2. The predicted molar refractivity (Wildman–Crippen MR) is 143 cm³/mol. The molecule has 2 aliphatic rings. The van der Waals surface area contributed by atoms with Gasteiger partial charge >= 0.3 is 0 Å². The molecule has 11 nitrogen and oxygen atoms in total. The first-order chi connectivity index (χ1) is 18.1. The topological polar surface area (TPSA) is 141 Å². The highest BCUT2D eigenvalue weighted by molar-refractivity contribution is 7.89. The van der Waals surface area contributed by atoms with Crippen LogP contribution in [0.25, 0.3) is 0 Å². The standard InChI is InChI=1S/C25H29ClN4O7S/c1-3-17(19-7-4-14(2)37-19)27-20-21(24(33)23(20)32)28-18-6-5-16(26)25(22(18)31)38(34,35)30-9-8-29-10-11-36-13-15(29)12-30/h4-7,15,17,27-28,31H,3,8-13H2,1-2H3/t15-,17+/m0/s1. The molecule has 2 saturated heterocycles. The van der Waals surface area contributed by atoms with Crippen LogP contribution in [0.15, 0.2) is 43.2 Å². The predicted octanol–water partition coefficient (Wildman–Crippen LogP) is 2.55. The van der Waals surface area contributed by atoms with Crippen LogP contribution in [0, 0.1) is 6.92 Å². The van der Waals surface area contributed by atoms with Crippen LogP contribution in [-0.4, -0.2) is 68.2 Å². The number of sulfonamides is 1. The molecule has 0 bridgehead atoms. The summed E-state index contributed by atoms with van der Waals surface area (Å²) < 4.78 is 39.6. The van der Waals surface area contributed by atoms with Gasteiger partial charge in [-0.1, -0.05) is 18.5 Å². The molecule has 13 heteroatoms. The number of aromatic hydroxyl groups is 1. The third-order valence-corrected chi connectivity index (χ3v) is 9.45.